The van der Waals surface area contributed by atoms with Gasteiger partial charge in [0.15, 0.2) is 0 Å². The molecule has 150 valence electrons. The topological polar surface area (TPSA) is 55.4 Å². The second-order valence-electron chi connectivity index (χ2n) is 7.56. The van der Waals surface area contributed by atoms with Gasteiger partial charge in [-0.15, -0.1) is 0 Å². The Balaban J connectivity index is 1.80. The number of rotatable bonds is 5. The van der Waals surface area contributed by atoms with Crippen molar-refractivity contribution >= 4 is 15.7 Å². The van der Waals surface area contributed by atoms with Crippen LogP contribution in [0.4, 0.5) is 5.69 Å². The summed E-state index contributed by atoms with van der Waals surface area (Å²) in [5.74, 6) is 1.06. The largest absolute Gasteiger partial charge is 0.496 e. The minimum Gasteiger partial charge on any atom is -0.496 e. The van der Waals surface area contributed by atoms with Gasteiger partial charge in [-0.05, 0) is 59.7 Å². The van der Waals surface area contributed by atoms with Gasteiger partial charge in [-0.25, -0.2) is 8.42 Å². The normalized spacial score (nSPS) is 15.7. The van der Waals surface area contributed by atoms with Crippen LogP contribution >= 0.6 is 0 Å². The van der Waals surface area contributed by atoms with Gasteiger partial charge >= 0.3 is 0 Å². The Morgan fingerprint density at radius 3 is 2.48 bits per heavy atom. The van der Waals surface area contributed by atoms with Gasteiger partial charge < -0.3 is 4.74 Å². The molecule has 3 aromatic rings. The van der Waals surface area contributed by atoms with Gasteiger partial charge in [-0.1, -0.05) is 48.5 Å². The molecule has 4 nitrogen and oxygen atoms in total. The zero-order valence-corrected chi connectivity index (χ0v) is 17.5. The molecule has 0 amide bonds. The third-order valence-electron chi connectivity index (χ3n) is 5.49. The van der Waals surface area contributed by atoms with Crippen LogP contribution in [0.1, 0.15) is 33.7 Å². The molecule has 0 heterocycles. The zero-order valence-electron chi connectivity index (χ0n) is 16.7. The first kappa shape index (κ1) is 19.5. The maximum atomic E-state index is 11.6. The van der Waals surface area contributed by atoms with E-state index >= 15 is 0 Å². The summed E-state index contributed by atoms with van der Waals surface area (Å²) in [5.41, 5.74) is 6.90. The molecule has 1 unspecified atom stereocenters. The van der Waals surface area contributed by atoms with Crippen molar-refractivity contribution in [2.75, 3.05) is 18.1 Å². The number of benzene rings is 3. The molecule has 4 rings (SSSR count). The monoisotopic (exact) mass is 407 g/mol. The minimum atomic E-state index is -3.31. The fourth-order valence-electron chi connectivity index (χ4n) is 4.33. The molecule has 1 aliphatic carbocycles. The smallest absolute Gasteiger partial charge is 0.229 e. The first-order valence-corrected chi connectivity index (χ1v) is 11.6. The van der Waals surface area contributed by atoms with Crippen molar-refractivity contribution in [3.05, 3.63) is 94.5 Å². The summed E-state index contributed by atoms with van der Waals surface area (Å²) >= 11 is 0. The predicted octanol–water partition coefficient (Wildman–Crippen LogP) is 4.54. The lowest BCUT2D eigenvalue weighted by molar-refractivity contribution is 0.407. The molecule has 1 N–H and O–H groups in total. The van der Waals surface area contributed by atoms with Crippen molar-refractivity contribution in [2.45, 2.75) is 25.2 Å². The molecule has 0 radical (unpaired) electrons. The Hall–Kier alpha value is -2.79. The SMILES string of the molecule is COc1cccc2c1C(Cc1cccc(NS(C)(=O)=O)c1)c1ccccc1CC2. The maximum absolute atomic E-state index is 11.6. The molecule has 0 bridgehead atoms. The number of ether oxygens (including phenoxy) is 1. The van der Waals surface area contributed by atoms with E-state index in [1.807, 2.05) is 18.2 Å². The quantitative estimate of drug-likeness (QED) is 0.676. The van der Waals surface area contributed by atoms with E-state index in [4.69, 9.17) is 4.74 Å². The van der Waals surface area contributed by atoms with E-state index in [0.717, 1.165) is 30.6 Å². The van der Waals surface area contributed by atoms with Gasteiger partial charge in [0.05, 0.1) is 13.4 Å². The van der Waals surface area contributed by atoms with Crippen molar-refractivity contribution in [1.29, 1.82) is 0 Å². The molecule has 0 aromatic heterocycles. The Bertz CT molecular complexity index is 1140. The van der Waals surface area contributed by atoms with E-state index in [0.29, 0.717) is 5.69 Å². The van der Waals surface area contributed by atoms with Gasteiger partial charge in [0.1, 0.15) is 5.75 Å². The van der Waals surface area contributed by atoms with Gasteiger partial charge in [-0.3, -0.25) is 4.72 Å². The van der Waals surface area contributed by atoms with Crippen LogP contribution in [0.3, 0.4) is 0 Å². The average molecular weight is 408 g/mol. The Labute approximate surface area is 172 Å². The number of nitrogens with one attached hydrogen (secondary N) is 1. The second kappa shape index (κ2) is 7.91. The molecule has 5 heteroatoms. The third-order valence-corrected chi connectivity index (χ3v) is 6.10. The van der Waals surface area contributed by atoms with E-state index in [9.17, 15) is 8.42 Å². The highest BCUT2D eigenvalue weighted by Crippen LogP contribution is 2.41. The van der Waals surface area contributed by atoms with Gasteiger partial charge in [0, 0.05) is 17.2 Å². The minimum absolute atomic E-state index is 0.147. The van der Waals surface area contributed by atoms with Crippen LogP contribution in [0.15, 0.2) is 66.7 Å². The van der Waals surface area contributed by atoms with E-state index in [-0.39, 0.29) is 5.92 Å². The van der Waals surface area contributed by atoms with Crippen molar-refractivity contribution < 1.29 is 13.2 Å². The van der Waals surface area contributed by atoms with Crippen molar-refractivity contribution in [2.24, 2.45) is 0 Å². The number of aryl methyl sites for hydroxylation is 2. The Kier molecular flexibility index (Phi) is 5.33. The van der Waals surface area contributed by atoms with E-state index < -0.39 is 10.0 Å². The van der Waals surface area contributed by atoms with Crippen molar-refractivity contribution in [1.82, 2.24) is 0 Å². The maximum Gasteiger partial charge on any atom is 0.229 e. The van der Waals surface area contributed by atoms with E-state index in [1.165, 1.54) is 28.5 Å². The number of methoxy groups -OCH3 is 1. The van der Waals surface area contributed by atoms with Gasteiger partial charge in [0.2, 0.25) is 10.0 Å². The van der Waals surface area contributed by atoms with Crippen LogP contribution < -0.4 is 9.46 Å². The molecule has 1 aliphatic rings. The predicted molar refractivity (Wildman–Crippen MR) is 117 cm³/mol. The Morgan fingerprint density at radius 2 is 1.69 bits per heavy atom. The number of hydrogen-bond acceptors (Lipinski definition) is 3. The van der Waals surface area contributed by atoms with Crippen LogP contribution in [0.25, 0.3) is 0 Å². The molecular weight excluding hydrogens is 382 g/mol. The first-order chi connectivity index (χ1) is 13.9. The fourth-order valence-corrected chi connectivity index (χ4v) is 4.89. The van der Waals surface area contributed by atoms with Crippen LogP contribution in [0.5, 0.6) is 5.75 Å². The van der Waals surface area contributed by atoms with Crippen LogP contribution in [0, 0.1) is 0 Å². The summed E-state index contributed by atoms with van der Waals surface area (Å²) in [6, 6.07) is 22.5. The highest BCUT2D eigenvalue weighted by molar-refractivity contribution is 7.92. The lowest BCUT2D eigenvalue weighted by Gasteiger charge is -2.23. The first-order valence-electron chi connectivity index (χ1n) is 9.75. The number of hydrogen-bond donors (Lipinski definition) is 1. The summed E-state index contributed by atoms with van der Waals surface area (Å²) < 4.78 is 31.6. The standard InChI is InChI=1S/C24H25NO3S/c1-28-23-12-6-9-19-14-13-18-8-3-4-11-21(18)22(24(19)23)16-17-7-5-10-20(15-17)25-29(2,26)27/h3-12,15,22,25H,13-14,16H2,1-2H3. The van der Waals surface area contributed by atoms with Crippen LogP contribution in [-0.4, -0.2) is 21.8 Å². The second-order valence-corrected chi connectivity index (χ2v) is 9.31. The van der Waals surface area contributed by atoms with Gasteiger partial charge in [-0.2, -0.15) is 0 Å². The molecule has 3 aromatic carbocycles. The van der Waals surface area contributed by atoms with Crippen molar-refractivity contribution in [3.8, 4) is 5.75 Å². The van der Waals surface area contributed by atoms with Gasteiger partial charge in [0.25, 0.3) is 0 Å². The van der Waals surface area contributed by atoms with E-state index in [1.54, 1.807) is 13.2 Å². The molecular formula is C24H25NO3S. The summed E-state index contributed by atoms with van der Waals surface area (Å²) in [7, 11) is -1.59. The Morgan fingerprint density at radius 1 is 0.966 bits per heavy atom. The average Bonchev–Trinajstić information content (AvgIpc) is 2.84. The number of sulfonamides is 1. The fraction of sp³-hybridized carbons (Fsp3) is 0.250. The lowest BCUT2D eigenvalue weighted by atomic mass is 9.83. The highest BCUT2D eigenvalue weighted by Gasteiger charge is 2.26. The van der Waals surface area contributed by atoms with Crippen LogP contribution in [0.2, 0.25) is 0 Å². The summed E-state index contributed by atoms with van der Waals surface area (Å²) in [5, 5.41) is 0. The molecule has 0 saturated carbocycles. The molecule has 29 heavy (non-hydrogen) atoms. The summed E-state index contributed by atoms with van der Waals surface area (Å²) in [4.78, 5) is 0. The van der Waals surface area contributed by atoms with Crippen LogP contribution in [-0.2, 0) is 29.3 Å². The van der Waals surface area contributed by atoms with E-state index in [2.05, 4.69) is 47.2 Å². The third kappa shape index (κ3) is 4.30. The summed E-state index contributed by atoms with van der Waals surface area (Å²) in [6.45, 7) is 0. The lowest BCUT2D eigenvalue weighted by Crippen LogP contribution is -2.11. The highest BCUT2D eigenvalue weighted by atomic mass is 32.2. The molecule has 0 fully saturated rings. The molecule has 0 saturated heterocycles. The zero-order chi connectivity index (χ0) is 20.4. The summed E-state index contributed by atoms with van der Waals surface area (Å²) in [6.07, 6.45) is 3.92. The van der Waals surface area contributed by atoms with Crippen molar-refractivity contribution in [3.63, 3.8) is 0 Å². The number of anilines is 1. The number of fused-ring (bicyclic) bond motifs is 2. The molecule has 0 spiro atoms. The molecule has 1 atom stereocenters. The molecule has 0 aliphatic heterocycles.